The van der Waals surface area contributed by atoms with Gasteiger partial charge in [-0.15, -0.1) is 0 Å². The molecule has 0 saturated carbocycles. The molecule has 20 heavy (non-hydrogen) atoms. The molecule has 0 spiro atoms. The third kappa shape index (κ3) is 3.16. The second-order valence-electron chi connectivity index (χ2n) is 4.07. The van der Waals surface area contributed by atoms with E-state index in [1.807, 2.05) is 0 Å². The number of benzene rings is 2. The molecule has 0 aliphatic heterocycles. The zero-order valence-electron chi connectivity index (χ0n) is 10.7. The molecule has 0 heterocycles. The molecule has 1 N–H and O–H groups in total. The van der Waals surface area contributed by atoms with Crippen molar-refractivity contribution in [3.8, 4) is 11.8 Å². The fourth-order valence-corrected chi connectivity index (χ4v) is 2.26. The summed E-state index contributed by atoms with van der Waals surface area (Å²) >= 11 is 12.0. The summed E-state index contributed by atoms with van der Waals surface area (Å²) in [6.07, 6.45) is 0. The second kappa shape index (κ2) is 6.51. The predicted octanol–water partition coefficient (Wildman–Crippen LogP) is 4.68. The number of halogens is 2. The molecule has 0 amide bonds. The van der Waals surface area contributed by atoms with Crippen molar-refractivity contribution >= 4 is 28.9 Å². The van der Waals surface area contributed by atoms with Crippen LogP contribution in [0.4, 0.5) is 5.69 Å². The lowest BCUT2D eigenvalue weighted by Crippen LogP contribution is -2.10. The molecule has 0 bridgehead atoms. The van der Waals surface area contributed by atoms with E-state index in [0.717, 1.165) is 5.69 Å². The van der Waals surface area contributed by atoms with Gasteiger partial charge in [-0.1, -0.05) is 29.3 Å². The van der Waals surface area contributed by atoms with Gasteiger partial charge in [0.05, 0.1) is 18.2 Å². The first kappa shape index (κ1) is 14.5. The first-order valence-electron chi connectivity index (χ1n) is 5.90. The van der Waals surface area contributed by atoms with Crippen LogP contribution in [0.3, 0.4) is 0 Å². The highest BCUT2D eigenvalue weighted by molar-refractivity contribution is 6.31. The number of nitriles is 1. The predicted molar refractivity (Wildman–Crippen MR) is 81.4 cm³/mol. The quantitative estimate of drug-likeness (QED) is 0.892. The topological polar surface area (TPSA) is 45.0 Å². The van der Waals surface area contributed by atoms with Crippen LogP contribution in [0.1, 0.15) is 11.6 Å². The van der Waals surface area contributed by atoms with Crippen molar-refractivity contribution in [2.45, 2.75) is 6.04 Å². The molecule has 2 rings (SSSR count). The van der Waals surface area contributed by atoms with Crippen molar-refractivity contribution in [3.05, 3.63) is 58.1 Å². The number of ether oxygens (including phenoxy) is 1. The molecule has 0 fully saturated rings. The standard InChI is InChI=1S/C15H12Cl2N2O/c1-20-14-4-2-3-12(17)15(14)13(9-18)19-11-7-5-10(16)6-8-11/h2-8,13,19H,1H3. The van der Waals surface area contributed by atoms with E-state index in [2.05, 4.69) is 11.4 Å². The normalized spacial score (nSPS) is 11.5. The number of nitrogens with zero attached hydrogens (tertiary/aromatic N) is 1. The van der Waals surface area contributed by atoms with Crippen LogP contribution in [0, 0.1) is 11.3 Å². The van der Waals surface area contributed by atoms with Crippen molar-refractivity contribution < 1.29 is 4.74 Å². The highest BCUT2D eigenvalue weighted by Crippen LogP contribution is 2.33. The molecule has 0 aliphatic carbocycles. The molecule has 5 heteroatoms. The van der Waals surface area contributed by atoms with Gasteiger partial charge in [-0.2, -0.15) is 5.26 Å². The summed E-state index contributed by atoms with van der Waals surface area (Å²) in [5.41, 5.74) is 1.40. The van der Waals surface area contributed by atoms with E-state index in [4.69, 9.17) is 27.9 Å². The highest BCUT2D eigenvalue weighted by Gasteiger charge is 2.19. The molecule has 102 valence electrons. The Balaban J connectivity index is 2.34. The van der Waals surface area contributed by atoms with Crippen molar-refractivity contribution in [1.29, 1.82) is 5.26 Å². The fourth-order valence-electron chi connectivity index (χ4n) is 1.86. The Labute approximate surface area is 127 Å². The lowest BCUT2D eigenvalue weighted by molar-refractivity contribution is 0.409. The van der Waals surface area contributed by atoms with Gasteiger partial charge >= 0.3 is 0 Å². The van der Waals surface area contributed by atoms with Gasteiger partial charge in [0.2, 0.25) is 0 Å². The maximum atomic E-state index is 9.39. The number of hydrogen-bond acceptors (Lipinski definition) is 3. The van der Waals surface area contributed by atoms with Crippen molar-refractivity contribution in [2.75, 3.05) is 12.4 Å². The van der Waals surface area contributed by atoms with Gasteiger partial charge in [0.1, 0.15) is 11.8 Å². The fraction of sp³-hybridized carbons (Fsp3) is 0.133. The van der Waals surface area contributed by atoms with Crippen LogP contribution in [0.25, 0.3) is 0 Å². The monoisotopic (exact) mass is 306 g/mol. The number of rotatable bonds is 4. The van der Waals surface area contributed by atoms with E-state index >= 15 is 0 Å². The summed E-state index contributed by atoms with van der Waals surface area (Å²) in [6.45, 7) is 0. The maximum Gasteiger partial charge on any atom is 0.145 e. The smallest absolute Gasteiger partial charge is 0.145 e. The first-order valence-corrected chi connectivity index (χ1v) is 6.65. The summed E-state index contributed by atoms with van der Waals surface area (Å²) in [4.78, 5) is 0. The van der Waals surface area contributed by atoms with Gasteiger partial charge < -0.3 is 10.1 Å². The van der Waals surface area contributed by atoms with Gasteiger partial charge in [0, 0.05) is 16.3 Å². The van der Waals surface area contributed by atoms with E-state index in [1.165, 1.54) is 0 Å². The van der Waals surface area contributed by atoms with E-state index in [9.17, 15) is 5.26 Å². The molecule has 3 nitrogen and oxygen atoms in total. The highest BCUT2D eigenvalue weighted by atomic mass is 35.5. The molecule has 2 aromatic rings. The van der Waals surface area contributed by atoms with Gasteiger partial charge in [-0.25, -0.2) is 0 Å². The second-order valence-corrected chi connectivity index (χ2v) is 4.91. The lowest BCUT2D eigenvalue weighted by atomic mass is 10.1. The van der Waals surface area contributed by atoms with Gasteiger partial charge in [-0.3, -0.25) is 0 Å². The van der Waals surface area contributed by atoms with Crippen LogP contribution >= 0.6 is 23.2 Å². The minimum absolute atomic E-state index is 0.484. The van der Waals surface area contributed by atoms with Crippen LogP contribution in [-0.4, -0.2) is 7.11 Å². The van der Waals surface area contributed by atoms with E-state index in [-0.39, 0.29) is 0 Å². The summed E-state index contributed by atoms with van der Waals surface area (Å²) in [7, 11) is 1.55. The molecular weight excluding hydrogens is 295 g/mol. The molecule has 0 saturated heterocycles. The van der Waals surface area contributed by atoms with Crippen molar-refractivity contribution in [2.24, 2.45) is 0 Å². The third-order valence-electron chi connectivity index (χ3n) is 2.81. The Morgan fingerprint density at radius 3 is 2.45 bits per heavy atom. The van der Waals surface area contributed by atoms with Crippen molar-refractivity contribution in [1.82, 2.24) is 0 Å². The molecule has 1 unspecified atom stereocenters. The van der Waals surface area contributed by atoms with Crippen LogP contribution in [0.2, 0.25) is 10.0 Å². The Hall–Kier alpha value is -1.89. The van der Waals surface area contributed by atoms with Crippen LogP contribution in [-0.2, 0) is 0 Å². The third-order valence-corrected chi connectivity index (χ3v) is 3.39. The van der Waals surface area contributed by atoms with E-state index < -0.39 is 6.04 Å². The zero-order valence-corrected chi connectivity index (χ0v) is 12.2. The Morgan fingerprint density at radius 1 is 1.15 bits per heavy atom. The summed E-state index contributed by atoms with van der Waals surface area (Å²) in [5, 5.41) is 13.6. The Bertz CT molecular complexity index is 635. The zero-order chi connectivity index (χ0) is 14.5. The molecular formula is C15H12Cl2N2O. The Morgan fingerprint density at radius 2 is 1.85 bits per heavy atom. The Kier molecular flexibility index (Phi) is 4.73. The summed E-state index contributed by atoms with van der Waals surface area (Å²) in [6, 6.07) is 14.0. The minimum Gasteiger partial charge on any atom is -0.496 e. The van der Waals surface area contributed by atoms with Crippen LogP contribution in [0.5, 0.6) is 5.75 Å². The maximum absolute atomic E-state index is 9.39. The molecule has 1 atom stereocenters. The molecule has 0 radical (unpaired) electrons. The summed E-state index contributed by atoms with van der Waals surface area (Å²) < 4.78 is 5.27. The van der Waals surface area contributed by atoms with Crippen LogP contribution in [0.15, 0.2) is 42.5 Å². The minimum atomic E-state index is -0.611. The number of hydrogen-bond donors (Lipinski definition) is 1. The van der Waals surface area contributed by atoms with Gasteiger partial charge in [-0.05, 0) is 36.4 Å². The molecule has 0 aliphatic rings. The number of nitrogens with one attached hydrogen (secondary N) is 1. The average molecular weight is 307 g/mol. The SMILES string of the molecule is COc1cccc(Cl)c1C(C#N)Nc1ccc(Cl)cc1. The van der Waals surface area contributed by atoms with Gasteiger partial charge in [0.25, 0.3) is 0 Å². The van der Waals surface area contributed by atoms with Gasteiger partial charge in [0.15, 0.2) is 0 Å². The number of methoxy groups -OCH3 is 1. The molecule has 2 aromatic carbocycles. The first-order chi connectivity index (χ1) is 9.65. The van der Waals surface area contributed by atoms with Crippen molar-refractivity contribution in [3.63, 3.8) is 0 Å². The van der Waals surface area contributed by atoms with E-state index in [1.54, 1.807) is 49.6 Å². The summed E-state index contributed by atoms with van der Waals surface area (Å²) in [5.74, 6) is 0.575. The lowest BCUT2D eigenvalue weighted by Gasteiger charge is -2.17. The van der Waals surface area contributed by atoms with Crippen LogP contribution < -0.4 is 10.1 Å². The van der Waals surface area contributed by atoms with E-state index in [0.29, 0.717) is 21.4 Å². The number of anilines is 1. The largest absolute Gasteiger partial charge is 0.496 e. The molecule has 0 aromatic heterocycles. The average Bonchev–Trinajstić information content (AvgIpc) is 2.47.